The van der Waals surface area contributed by atoms with Crippen LogP contribution in [0.25, 0.3) is 0 Å². The van der Waals surface area contributed by atoms with Gasteiger partial charge >= 0.3 is 0 Å². The van der Waals surface area contributed by atoms with Crippen molar-refractivity contribution in [2.75, 3.05) is 11.6 Å². The van der Waals surface area contributed by atoms with Crippen molar-refractivity contribution in [2.45, 2.75) is 64.1 Å². The van der Waals surface area contributed by atoms with E-state index in [-0.39, 0.29) is 22.6 Å². The molecule has 0 aliphatic rings. The molecule has 0 saturated heterocycles. The SMILES string of the molecule is CCC(C)(C)NC(=O)CSc1nnc(C(C)(C)C)n1N. The van der Waals surface area contributed by atoms with Crippen LogP contribution in [0.15, 0.2) is 5.16 Å². The Morgan fingerprint density at radius 1 is 1.30 bits per heavy atom. The Kier molecular flexibility index (Phi) is 5.07. The first-order valence-corrected chi connectivity index (χ1v) is 7.70. The predicted octanol–water partition coefficient (Wildman–Crippen LogP) is 1.69. The molecule has 1 aromatic heterocycles. The standard InChI is InChI=1S/C13H25N5OS/c1-7-13(5,6)15-9(19)8-20-11-17-16-10(18(11)14)12(2,3)4/h7-8,14H2,1-6H3,(H,15,19). The van der Waals surface area contributed by atoms with Crippen LogP contribution in [0.1, 0.15) is 53.8 Å². The summed E-state index contributed by atoms with van der Waals surface area (Å²) in [6, 6.07) is 0. The van der Waals surface area contributed by atoms with Crippen LogP contribution in [0.2, 0.25) is 0 Å². The maximum absolute atomic E-state index is 11.9. The molecule has 7 heteroatoms. The second-order valence-electron chi connectivity index (χ2n) is 6.50. The Bertz CT molecular complexity index is 476. The van der Waals surface area contributed by atoms with Crippen LogP contribution in [-0.2, 0) is 10.2 Å². The van der Waals surface area contributed by atoms with Gasteiger partial charge in [0.25, 0.3) is 0 Å². The first-order valence-electron chi connectivity index (χ1n) is 6.71. The van der Waals surface area contributed by atoms with Gasteiger partial charge in [0.1, 0.15) is 0 Å². The van der Waals surface area contributed by atoms with Crippen molar-refractivity contribution < 1.29 is 4.79 Å². The monoisotopic (exact) mass is 299 g/mol. The van der Waals surface area contributed by atoms with Gasteiger partial charge in [-0.3, -0.25) is 4.79 Å². The zero-order chi connectivity index (χ0) is 15.6. The van der Waals surface area contributed by atoms with Crippen molar-refractivity contribution in [1.29, 1.82) is 0 Å². The third-order valence-corrected chi connectivity index (χ3v) is 3.97. The Labute approximate surface area is 124 Å². The summed E-state index contributed by atoms with van der Waals surface area (Å²) in [6.45, 7) is 12.1. The van der Waals surface area contributed by atoms with Crippen LogP contribution in [0.4, 0.5) is 0 Å². The van der Waals surface area contributed by atoms with Gasteiger partial charge in [-0.05, 0) is 20.3 Å². The molecule has 1 amide bonds. The zero-order valence-electron chi connectivity index (χ0n) is 13.1. The third-order valence-electron chi connectivity index (χ3n) is 3.03. The van der Waals surface area contributed by atoms with Gasteiger partial charge in [0.15, 0.2) is 5.82 Å². The lowest BCUT2D eigenvalue weighted by Crippen LogP contribution is -2.43. The Morgan fingerprint density at radius 3 is 2.35 bits per heavy atom. The molecule has 0 radical (unpaired) electrons. The van der Waals surface area contributed by atoms with E-state index in [1.54, 1.807) is 0 Å². The van der Waals surface area contributed by atoms with E-state index in [1.807, 2.05) is 41.5 Å². The van der Waals surface area contributed by atoms with E-state index < -0.39 is 0 Å². The lowest BCUT2D eigenvalue weighted by atomic mass is 9.96. The highest BCUT2D eigenvalue weighted by atomic mass is 32.2. The summed E-state index contributed by atoms with van der Waals surface area (Å²) in [5.41, 5.74) is -0.363. The molecule has 0 aliphatic heterocycles. The molecule has 0 saturated carbocycles. The minimum atomic E-state index is -0.190. The molecule has 0 fully saturated rings. The molecule has 1 aromatic rings. The molecule has 6 nitrogen and oxygen atoms in total. The van der Waals surface area contributed by atoms with Crippen molar-refractivity contribution in [1.82, 2.24) is 20.2 Å². The van der Waals surface area contributed by atoms with Crippen LogP contribution >= 0.6 is 11.8 Å². The van der Waals surface area contributed by atoms with Crippen LogP contribution in [-0.4, -0.2) is 32.1 Å². The number of thioether (sulfide) groups is 1. The molecule has 0 atom stereocenters. The highest BCUT2D eigenvalue weighted by molar-refractivity contribution is 7.99. The summed E-state index contributed by atoms with van der Waals surface area (Å²) < 4.78 is 1.46. The van der Waals surface area contributed by atoms with E-state index >= 15 is 0 Å². The van der Waals surface area contributed by atoms with Gasteiger partial charge in [0.2, 0.25) is 11.1 Å². The second kappa shape index (κ2) is 6.03. The molecular weight excluding hydrogens is 274 g/mol. The summed E-state index contributed by atoms with van der Waals surface area (Å²) in [7, 11) is 0. The Balaban J connectivity index is 2.64. The number of amides is 1. The van der Waals surface area contributed by atoms with Gasteiger partial charge in [-0.15, -0.1) is 10.2 Å². The number of rotatable bonds is 5. The minimum absolute atomic E-state index is 0.0258. The van der Waals surface area contributed by atoms with Crippen LogP contribution in [0.5, 0.6) is 0 Å². The summed E-state index contributed by atoms with van der Waals surface area (Å²) >= 11 is 1.30. The van der Waals surface area contributed by atoms with Crippen LogP contribution < -0.4 is 11.2 Å². The van der Waals surface area contributed by atoms with E-state index in [9.17, 15) is 4.79 Å². The molecule has 20 heavy (non-hydrogen) atoms. The fourth-order valence-corrected chi connectivity index (χ4v) is 2.18. The van der Waals surface area contributed by atoms with Crippen LogP contribution in [0, 0.1) is 0 Å². The number of nitrogens with zero attached hydrogens (tertiary/aromatic N) is 3. The van der Waals surface area contributed by atoms with Crippen molar-refractivity contribution in [2.24, 2.45) is 0 Å². The van der Waals surface area contributed by atoms with E-state index in [0.29, 0.717) is 11.0 Å². The molecule has 0 aromatic carbocycles. The first kappa shape index (κ1) is 16.8. The topological polar surface area (TPSA) is 85.8 Å². The Hall–Kier alpha value is -1.24. The van der Waals surface area contributed by atoms with E-state index in [2.05, 4.69) is 15.5 Å². The molecular formula is C13H25N5OS. The summed E-state index contributed by atoms with van der Waals surface area (Å²) in [5, 5.41) is 11.7. The van der Waals surface area contributed by atoms with Crippen LogP contribution in [0.3, 0.4) is 0 Å². The minimum Gasteiger partial charge on any atom is -0.351 e. The van der Waals surface area contributed by atoms with Crippen molar-refractivity contribution >= 4 is 17.7 Å². The number of nitrogens with one attached hydrogen (secondary N) is 1. The number of hydrogen-bond donors (Lipinski definition) is 2. The van der Waals surface area contributed by atoms with E-state index in [1.165, 1.54) is 16.4 Å². The largest absolute Gasteiger partial charge is 0.351 e. The first-order chi connectivity index (χ1) is 9.07. The van der Waals surface area contributed by atoms with Gasteiger partial charge in [0, 0.05) is 11.0 Å². The maximum Gasteiger partial charge on any atom is 0.230 e. The summed E-state index contributed by atoms with van der Waals surface area (Å²) in [6.07, 6.45) is 0.880. The molecule has 0 aliphatic carbocycles. The molecule has 114 valence electrons. The molecule has 0 bridgehead atoms. The maximum atomic E-state index is 11.9. The second-order valence-corrected chi connectivity index (χ2v) is 7.44. The van der Waals surface area contributed by atoms with Gasteiger partial charge in [-0.25, -0.2) is 4.68 Å². The zero-order valence-corrected chi connectivity index (χ0v) is 14.0. The van der Waals surface area contributed by atoms with E-state index in [4.69, 9.17) is 5.84 Å². The highest BCUT2D eigenvalue weighted by Crippen LogP contribution is 2.23. The average molecular weight is 299 g/mol. The molecule has 1 heterocycles. The quantitative estimate of drug-likeness (QED) is 0.638. The van der Waals surface area contributed by atoms with Crippen molar-refractivity contribution in [3.8, 4) is 0 Å². The fourth-order valence-electron chi connectivity index (χ4n) is 1.52. The van der Waals surface area contributed by atoms with Gasteiger partial charge in [0.05, 0.1) is 5.75 Å². The number of hydrogen-bond acceptors (Lipinski definition) is 5. The normalized spacial score (nSPS) is 12.5. The van der Waals surface area contributed by atoms with Gasteiger partial charge in [-0.2, -0.15) is 0 Å². The average Bonchev–Trinajstić information content (AvgIpc) is 2.67. The summed E-state index contributed by atoms with van der Waals surface area (Å²) in [5.74, 6) is 6.93. The van der Waals surface area contributed by atoms with Crippen molar-refractivity contribution in [3.63, 3.8) is 0 Å². The van der Waals surface area contributed by atoms with Crippen molar-refractivity contribution in [3.05, 3.63) is 5.82 Å². The summed E-state index contributed by atoms with van der Waals surface area (Å²) in [4.78, 5) is 11.9. The lowest BCUT2D eigenvalue weighted by molar-refractivity contribution is -0.120. The molecule has 0 spiro atoms. The third kappa shape index (κ3) is 4.40. The number of carbonyl (C=O) groups is 1. The molecule has 3 N–H and O–H groups in total. The molecule has 0 unspecified atom stereocenters. The lowest BCUT2D eigenvalue weighted by Gasteiger charge is -2.24. The molecule has 1 rings (SSSR count). The highest BCUT2D eigenvalue weighted by Gasteiger charge is 2.24. The number of carbonyl (C=O) groups excluding carboxylic acids is 1. The number of aromatic nitrogens is 3. The smallest absolute Gasteiger partial charge is 0.230 e. The fraction of sp³-hybridized carbons (Fsp3) is 0.769. The van der Waals surface area contributed by atoms with Gasteiger partial charge < -0.3 is 11.2 Å². The number of nitrogen functional groups attached to an aromatic ring is 1. The van der Waals surface area contributed by atoms with Gasteiger partial charge in [-0.1, -0.05) is 39.5 Å². The predicted molar refractivity (Wildman–Crippen MR) is 82.1 cm³/mol. The van der Waals surface area contributed by atoms with E-state index in [0.717, 1.165) is 6.42 Å². The number of nitrogens with two attached hydrogens (primary N) is 1. The Morgan fingerprint density at radius 2 is 1.90 bits per heavy atom.